The highest BCUT2D eigenvalue weighted by Gasteiger charge is 2.28. The normalized spacial score (nSPS) is 13.1. The van der Waals surface area contributed by atoms with E-state index in [1.54, 1.807) is 50.1 Å². The van der Waals surface area contributed by atoms with E-state index in [-0.39, 0.29) is 35.8 Å². The average Bonchev–Trinajstić information content (AvgIpc) is 3.87. The number of amides is 2. The van der Waals surface area contributed by atoms with Gasteiger partial charge >= 0.3 is 0 Å². The second-order valence-electron chi connectivity index (χ2n) is 12.9. The van der Waals surface area contributed by atoms with Crippen molar-refractivity contribution in [2.45, 2.75) is 45.9 Å². The van der Waals surface area contributed by atoms with Crippen LogP contribution in [0.5, 0.6) is 0 Å². The number of nitrogens with zero attached hydrogens (tertiary/aromatic N) is 7. The van der Waals surface area contributed by atoms with Gasteiger partial charge in [0.15, 0.2) is 0 Å². The van der Waals surface area contributed by atoms with E-state index in [0.29, 0.717) is 60.3 Å². The molecule has 2 amide bonds. The smallest absolute Gasteiger partial charge is 0.229 e. The zero-order chi connectivity index (χ0) is 38.3. The molecule has 2 aromatic carbocycles. The maximum atomic E-state index is 14.0. The van der Waals surface area contributed by atoms with E-state index < -0.39 is 23.3 Å². The third-order valence-corrected chi connectivity index (χ3v) is 10.0. The first kappa shape index (κ1) is 36.2. The number of aromatic nitrogens is 5. The first-order chi connectivity index (χ1) is 25.8. The summed E-state index contributed by atoms with van der Waals surface area (Å²) >= 11 is 1.59. The summed E-state index contributed by atoms with van der Waals surface area (Å²) in [4.78, 5) is 42.9. The molecule has 0 unspecified atom stereocenters. The Kier molecular flexibility index (Phi) is 9.85. The maximum Gasteiger partial charge on any atom is 0.229 e. The molecule has 276 valence electrons. The van der Waals surface area contributed by atoms with Gasteiger partial charge in [0.2, 0.25) is 11.8 Å². The largest absolute Gasteiger partial charge is 0.397 e. The highest BCUT2D eigenvalue weighted by atomic mass is 32.1. The third-order valence-electron chi connectivity index (χ3n) is 9.03. The molecule has 54 heavy (non-hydrogen) atoms. The number of nitrogens with two attached hydrogens (primary N) is 2. The van der Waals surface area contributed by atoms with E-state index >= 15 is 0 Å². The number of benzene rings is 2. The number of anilines is 2. The summed E-state index contributed by atoms with van der Waals surface area (Å²) in [6.45, 7) is 3.89. The second kappa shape index (κ2) is 14.7. The molecular formula is C38H33F4N9O2S. The Balaban J connectivity index is 0.000000167. The van der Waals surface area contributed by atoms with Crippen LogP contribution in [0.4, 0.5) is 28.9 Å². The van der Waals surface area contributed by atoms with Crippen molar-refractivity contribution in [2.24, 2.45) is 7.05 Å². The second-order valence-corrected chi connectivity index (χ2v) is 14.2. The van der Waals surface area contributed by atoms with Gasteiger partial charge in [-0.1, -0.05) is 0 Å². The molecule has 0 fully saturated rings. The van der Waals surface area contributed by atoms with Gasteiger partial charge < -0.3 is 21.3 Å². The van der Waals surface area contributed by atoms with Crippen LogP contribution in [0.25, 0.3) is 22.5 Å². The molecule has 0 radical (unpaired) electrons. The first-order valence-electron chi connectivity index (χ1n) is 16.7. The molecule has 2 aliphatic heterocycles. The van der Waals surface area contributed by atoms with Gasteiger partial charge in [-0.05, 0) is 55.5 Å². The standard InChI is InChI=1S/C19H17F2N5O.C19H16F2N4OS/c1-25-8-11-9-26(10-18(11)24-25)19(27)7-17-15(22)4-5-16(23-17)13-3-2-12(20)6-14(13)21;1-10-23-17-8-25(9-18(17)27-10)19(26)7-16-14(22)4-5-15(24-16)12-3-2-11(20)6-13(12)21/h2-6,8H,7,9-10,22H2,1H3;2-6H,7-9,22H2,1H3. The van der Waals surface area contributed by atoms with Crippen LogP contribution in [0.1, 0.15) is 38.2 Å². The number of pyridine rings is 2. The lowest BCUT2D eigenvalue weighted by Crippen LogP contribution is -2.28. The summed E-state index contributed by atoms with van der Waals surface area (Å²) in [5.41, 5.74) is 17.1. The Morgan fingerprint density at radius 2 is 1.22 bits per heavy atom. The molecule has 8 rings (SSSR count). The summed E-state index contributed by atoms with van der Waals surface area (Å²) in [5.74, 6) is -3.00. The minimum absolute atomic E-state index is 0.00110. The summed E-state index contributed by atoms with van der Waals surface area (Å²) in [6, 6.07) is 12.8. The van der Waals surface area contributed by atoms with Crippen molar-refractivity contribution in [1.82, 2.24) is 34.5 Å². The van der Waals surface area contributed by atoms with Gasteiger partial charge in [-0.3, -0.25) is 24.2 Å². The Labute approximate surface area is 310 Å². The van der Waals surface area contributed by atoms with Crippen LogP contribution in [-0.2, 0) is 55.7 Å². The zero-order valence-corrected chi connectivity index (χ0v) is 29.9. The number of hydrogen-bond acceptors (Lipinski definition) is 9. The van der Waals surface area contributed by atoms with Gasteiger partial charge in [-0.15, -0.1) is 11.3 Å². The minimum Gasteiger partial charge on any atom is -0.397 e. The lowest BCUT2D eigenvalue weighted by atomic mass is 10.1. The van der Waals surface area contributed by atoms with Gasteiger partial charge in [0.05, 0.1) is 83.0 Å². The molecule has 0 atom stereocenters. The predicted octanol–water partition coefficient (Wildman–Crippen LogP) is 5.89. The van der Waals surface area contributed by atoms with Crippen LogP contribution < -0.4 is 11.5 Å². The molecule has 0 saturated carbocycles. The molecule has 0 saturated heterocycles. The van der Waals surface area contributed by atoms with Crippen LogP contribution in [0.2, 0.25) is 0 Å². The number of carbonyl (C=O) groups is 2. The Bertz CT molecular complexity index is 2220. The van der Waals surface area contributed by atoms with E-state index in [9.17, 15) is 27.2 Å². The van der Waals surface area contributed by atoms with E-state index in [2.05, 4.69) is 20.1 Å². The molecule has 2 aliphatic rings. The van der Waals surface area contributed by atoms with Gasteiger partial charge in [0.25, 0.3) is 0 Å². The van der Waals surface area contributed by atoms with E-state index in [1.807, 2.05) is 20.2 Å². The van der Waals surface area contributed by atoms with Crippen LogP contribution in [0.15, 0.2) is 66.9 Å². The average molecular weight is 756 g/mol. The molecule has 16 heteroatoms. The summed E-state index contributed by atoms with van der Waals surface area (Å²) < 4.78 is 56.0. The lowest BCUT2D eigenvalue weighted by Gasteiger charge is -2.16. The fraction of sp³-hybridized carbons (Fsp3) is 0.211. The number of hydrogen-bond donors (Lipinski definition) is 2. The molecule has 4 N–H and O–H groups in total. The quantitative estimate of drug-likeness (QED) is 0.200. The molecular weight excluding hydrogens is 723 g/mol. The summed E-state index contributed by atoms with van der Waals surface area (Å²) in [6.07, 6.45) is 1.91. The van der Waals surface area contributed by atoms with Crippen molar-refractivity contribution in [3.05, 3.63) is 128 Å². The van der Waals surface area contributed by atoms with Crippen molar-refractivity contribution in [2.75, 3.05) is 11.5 Å². The molecule has 0 bridgehead atoms. The topological polar surface area (TPSA) is 149 Å². The fourth-order valence-electron chi connectivity index (χ4n) is 6.33. The van der Waals surface area contributed by atoms with Crippen molar-refractivity contribution in [1.29, 1.82) is 0 Å². The van der Waals surface area contributed by atoms with E-state index in [4.69, 9.17) is 11.5 Å². The maximum absolute atomic E-state index is 14.0. The monoisotopic (exact) mass is 755 g/mol. The van der Waals surface area contributed by atoms with Crippen molar-refractivity contribution >= 4 is 34.5 Å². The Morgan fingerprint density at radius 3 is 1.72 bits per heavy atom. The number of halogens is 4. The number of aryl methyl sites for hydroxylation is 2. The molecule has 6 heterocycles. The van der Waals surface area contributed by atoms with Crippen LogP contribution in [0.3, 0.4) is 0 Å². The number of nitrogen functional groups attached to an aromatic ring is 2. The van der Waals surface area contributed by atoms with Gasteiger partial charge in [-0.2, -0.15) is 5.10 Å². The SMILES string of the molecule is Cc1nc2c(s1)CN(C(=O)Cc1nc(-c3ccc(F)cc3F)ccc1N)C2.Cn1cc2c(n1)CN(C(=O)Cc1nc(-c3ccc(F)cc3F)ccc1N)C2. The summed E-state index contributed by atoms with van der Waals surface area (Å²) in [7, 11) is 1.84. The number of carbonyl (C=O) groups excluding carboxylic acids is 2. The zero-order valence-electron chi connectivity index (χ0n) is 29.1. The molecule has 6 aromatic rings. The van der Waals surface area contributed by atoms with Gasteiger partial charge in [0, 0.05) is 53.5 Å². The number of fused-ring (bicyclic) bond motifs is 2. The predicted molar refractivity (Wildman–Crippen MR) is 194 cm³/mol. The molecule has 4 aromatic heterocycles. The number of rotatable bonds is 6. The van der Waals surface area contributed by atoms with E-state index in [1.165, 1.54) is 18.2 Å². The van der Waals surface area contributed by atoms with Crippen molar-refractivity contribution in [3.8, 4) is 22.5 Å². The third kappa shape index (κ3) is 7.64. The van der Waals surface area contributed by atoms with Crippen LogP contribution in [-0.4, -0.2) is 46.3 Å². The lowest BCUT2D eigenvalue weighted by molar-refractivity contribution is -0.131. The van der Waals surface area contributed by atoms with Crippen LogP contribution >= 0.6 is 11.3 Å². The van der Waals surface area contributed by atoms with Crippen molar-refractivity contribution < 1.29 is 27.2 Å². The number of thiazole rings is 1. The van der Waals surface area contributed by atoms with E-state index in [0.717, 1.165) is 45.0 Å². The minimum atomic E-state index is -0.717. The fourth-order valence-corrected chi connectivity index (χ4v) is 7.29. The Hall–Kier alpha value is -6.16. The Morgan fingerprint density at radius 1 is 0.704 bits per heavy atom. The van der Waals surface area contributed by atoms with Crippen molar-refractivity contribution in [3.63, 3.8) is 0 Å². The molecule has 0 spiro atoms. The molecule has 11 nitrogen and oxygen atoms in total. The highest BCUT2D eigenvalue weighted by Crippen LogP contribution is 2.30. The molecule has 0 aliphatic carbocycles. The highest BCUT2D eigenvalue weighted by molar-refractivity contribution is 7.11. The first-order valence-corrected chi connectivity index (χ1v) is 17.6. The van der Waals surface area contributed by atoms with Gasteiger partial charge in [-0.25, -0.2) is 22.5 Å². The van der Waals surface area contributed by atoms with Gasteiger partial charge in [0.1, 0.15) is 23.3 Å². The van der Waals surface area contributed by atoms with Crippen LogP contribution in [0, 0.1) is 30.2 Å². The summed E-state index contributed by atoms with van der Waals surface area (Å²) in [5, 5.41) is 5.32.